The molecule has 0 saturated carbocycles. The summed E-state index contributed by atoms with van der Waals surface area (Å²) in [6.07, 6.45) is 3.82. The van der Waals surface area contributed by atoms with E-state index in [-0.39, 0.29) is 5.91 Å². The van der Waals surface area contributed by atoms with Crippen molar-refractivity contribution in [2.75, 3.05) is 31.1 Å². The first kappa shape index (κ1) is 15.4. The molecule has 2 aliphatic rings. The Labute approximate surface area is 135 Å². The molecule has 2 fully saturated rings. The summed E-state index contributed by atoms with van der Waals surface area (Å²) >= 11 is 3.63. The predicted octanol–water partition coefficient (Wildman–Crippen LogP) is 3.00. The highest BCUT2D eigenvalue weighted by molar-refractivity contribution is 7.99. The lowest BCUT2D eigenvalue weighted by Gasteiger charge is -2.35. The van der Waals surface area contributed by atoms with Crippen LogP contribution in [0.5, 0.6) is 0 Å². The maximum atomic E-state index is 12.1. The second-order valence-corrected chi connectivity index (χ2v) is 8.26. The fourth-order valence-corrected chi connectivity index (χ4v) is 5.28. The molecule has 2 aliphatic heterocycles. The van der Waals surface area contributed by atoms with Crippen molar-refractivity contribution < 1.29 is 4.79 Å². The van der Waals surface area contributed by atoms with Crippen LogP contribution in [0, 0.1) is 12.8 Å². The first-order chi connectivity index (χ1) is 10.2. The van der Waals surface area contributed by atoms with Crippen LogP contribution in [0.4, 0.5) is 0 Å². The van der Waals surface area contributed by atoms with E-state index in [2.05, 4.69) is 22.0 Å². The Kier molecular flexibility index (Phi) is 5.24. The van der Waals surface area contributed by atoms with E-state index in [1.54, 1.807) is 0 Å². The molecule has 21 heavy (non-hydrogen) atoms. The standard InChI is InChI=1S/C16H24N2OS2/c1-12-8-15(21-10-12)16(19)17-9-13-2-5-18(6-3-13)14-4-7-20-11-14/h8,10,13-14H,2-7,9,11H2,1H3,(H,17,19)/t14-/m1/s1. The van der Waals surface area contributed by atoms with Crippen molar-refractivity contribution in [3.05, 3.63) is 21.9 Å². The quantitative estimate of drug-likeness (QED) is 0.924. The van der Waals surface area contributed by atoms with Crippen molar-refractivity contribution in [2.24, 2.45) is 5.92 Å². The maximum absolute atomic E-state index is 12.1. The van der Waals surface area contributed by atoms with Crippen molar-refractivity contribution in [2.45, 2.75) is 32.2 Å². The monoisotopic (exact) mass is 324 g/mol. The number of nitrogens with zero attached hydrogens (tertiary/aromatic N) is 1. The van der Waals surface area contributed by atoms with E-state index >= 15 is 0 Å². The number of carbonyl (C=O) groups is 1. The maximum Gasteiger partial charge on any atom is 0.261 e. The van der Waals surface area contributed by atoms with Crippen molar-refractivity contribution in [1.29, 1.82) is 0 Å². The number of carbonyl (C=O) groups excluding carboxylic acids is 1. The second kappa shape index (κ2) is 7.16. The lowest BCUT2D eigenvalue weighted by Crippen LogP contribution is -2.43. The third-order valence-corrected chi connectivity index (χ3v) is 6.77. The van der Waals surface area contributed by atoms with Crippen LogP contribution in [0.25, 0.3) is 0 Å². The lowest BCUT2D eigenvalue weighted by molar-refractivity contribution is 0.0932. The molecule has 0 aliphatic carbocycles. The van der Waals surface area contributed by atoms with Gasteiger partial charge in [-0.05, 0) is 68.0 Å². The van der Waals surface area contributed by atoms with E-state index in [9.17, 15) is 4.79 Å². The highest BCUT2D eigenvalue weighted by Crippen LogP contribution is 2.26. The Morgan fingerprint density at radius 1 is 1.38 bits per heavy atom. The Hall–Kier alpha value is -0.520. The molecular weight excluding hydrogens is 300 g/mol. The SMILES string of the molecule is Cc1csc(C(=O)NCC2CCN([C@@H]3CCSC3)CC2)c1. The van der Waals surface area contributed by atoms with E-state index in [1.165, 1.54) is 60.8 Å². The Morgan fingerprint density at radius 3 is 2.81 bits per heavy atom. The smallest absolute Gasteiger partial charge is 0.261 e. The number of likely N-dealkylation sites (tertiary alicyclic amines) is 1. The zero-order valence-electron chi connectivity index (χ0n) is 12.6. The second-order valence-electron chi connectivity index (χ2n) is 6.20. The minimum Gasteiger partial charge on any atom is -0.351 e. The van der Waals surface area contributed by atoms with Crippen LogP contribution in [0.15, 0.2) is 11.4 Å². The Bertz CT molecular complexity index is 474. The third-order valence-electron chi connectivity index (χ3n) is 4.58. The van der Waals surface area contributed by atoms with Crippen LogP contribution in [0.1, 0.15) is 34.5 Å². The summed E-state index contributed by atoms with van der Waals surface area (Å²) in [5, 5.41) is 5.15. The molecule has 3 heterocycles. The number of hydrogen-bond donors (Lipinski definition) is 1. The summed E-state index contributed by atoms with van der Waals surface area (Å²) in [5.74, 6) is 3.41. The zero-order chi connectivity index (χ0) is 14.7. The summed E-state index contributed by atoms with van der Waals surface area (Å²) in [5.41, 5.74) is 1.17. The van der Waals surface area contributed by atoms with Gasteiger partial charge in [0.05, 0.1) is 4.88 Å². The minimum atomic E-state index is 0.0997. The van der Waals surface area contributed by atoms with Gasteiger partial charge in [-0.2, -0.15) is 11.8 Å². The largest absolute Gasteiger partial charge is 0.351 e. The molecule has 116 valence electrons. The van der Waals surface area contributed by atoms with Gasteiger partial charge in [-0.3, -0.25) is 9.69 Å². The van der Waals surface area contributed by atoms with Gasteiger partial charge in [-0.15, -0.1) is 11.3 Å². The van der Waals surface area contributed by atoms with Gasteiger partial charge in [0.25, 0.3) is 5.91 Å². The third kappa shape index (κ3) is 4.02. The van der Waals surface area contributed by atoms with Crippen molar-refractivity contribution in [3.63, 3.8) is 0 Å². The molecule has 0 spiro atoms. The fourth-order valence-electron chi connectivity index (χ4n) is 3.21. The highest BCUT2D eigenvalue weighted by atomic mass is 32.2. The summed E-state index contributed by atoms with van der Waals surface area (Å²) < 4.78 is 0. The molecule has 0 radical (unpaired) electrons. The number of hydrogen-bond acceptors (Lipinski definition) is 4. The number of rotatable bonds is 4. The van der Waals surface area contributed by atoms with E-state index in [0.29, 0.717) is 5.92 Å². The molecule has 3 rings (SSSR count). The van der Waals surface area contributed by atoms with E-state index in [1.807, 2.05) is 18.4 Å². The molecule has 1 aromatic rings. The predicted molar refractivity (Wildman–Crippen MR) is 91.4 cm³/mol. The molecule has 1 amide bonds. The van der Waals surface area contributed by atoms with Crippen LogP contribution in [0.3, 0.4) is 0 Å². The van der Waals surface area contributed by atoms with Crippen LogP contribution in [0.2, 0.25) is 0 Å². The highest BCUT2D eigenvalue weighted by Gasteiger charge is 2.27. The van der Waals surface area contributed by atoms with Crippen molar-refractivity contribution in [1.82, 2.24) is 10.2 Å². The van der Waals surface area contributed by atoms with Crippen LogP contribution in [-0.4, -0.2) is 48.0 Å². The Balaban J connectivity index is 1.40. The van der Waals surface area contributed by atoms with Gasteiger partial charge in [-0.1, -0.05) is 0 Å². The topological polar surface area (TPSA) is 32.3 Å². The van der Waals surface area contributed by atoms with Gasteiger partial charge in [0.1, 0.15) is 0 Å². The van der Waals surface area contributed by atoms with Crippen LogP contribution < -0.4 is 5.32 Å². The molecular formula is C16H24N2OS2. The van der Waals surface area contributed by atoms with Gasteiger partial charge < -0.3 is 5.32 Å². The molecule has 1 N–H and O–H groups in total. The molecule has 2 saturated heterocycles. The number of aryl methyl sites for hydroxylation is 1. The molecule has 5 heteroatoms. The Morgan fingerprint density at radius 2 is 2.19 bits per heavy atom. The average Bonchev–Trinajstić information content (AvgIpc) is 3.16. The van der Waals surface area contributed by atoms with Crippen molar-refractivity contribution in [3.8, 4) is 0 Å². The fraction of sp³-hybridized carbons (Fsp3) is 0.688. The number of thiophene rings is 1. The van der Waals surface area contributed by atoms with Gasteiger partial charge in [0.15, 0.2) is 0 Å². The van der Waals surface area contributed by atoms with Crippen molar-refractivity contribution >= 4 is 29.0 Å². The average molecular weight is 325 g/mol. The molecule has 1 atom stereocenters. The van der Waals surface area contributed by atoms with E-state index in [4.69, 9.17) is 0 Å². The summed E-state index contributed by atoms with van der Waals surface area (Å²) in [4.78, 5) is 15.6. The normalized spacial score (nSPS) is 24.3. The number of piperidine rings is 1. The number of amides is 1. The summed E-state index contributed by atoms with van der Waals surface area (Å²) in [6, 6.07) is 2.79. The number of nitrogens with one attached hydrogen (secondary N) is 1. The molecule has 1 aromatic heterocycles. The molecule has 0 unspecified atom stereocenters. The van der Waals surface area contributed by atoms with Gasteiger partial charge in [0.2, 0.25) is 0 Å². The first-order valence-electron chi connectivity index (χ1n) is 7.87. The zero-order valence-corrected chi connectivity index (χ0v) is 14.3. The summed E-state index contributed by atoms with van der Waals surface area (Å²) in [6.45, 7) is 5.29. The van der Waals surface area contributed by atoms with E-state index in [0.717, 1.165) is 17.5 Å². The first-order valence-corrected chi connectivity index (χ1v) is 9.91. The van der Waals surface area contributed by atoms with E-state index < -0.39 is 0 Å². The van der Waals surface area contributed by atoms with Gasteiger partial charge in [-0.25, -0.2) is 0 Å². The molecule has 0 aromatic carbocycles. The summed E-state index contributed by atoms with van der Waals surface area (Å²) in [7, 11) is 0. The number of thioether (sulfide) groups is 1. The molecule has 3 nitrogen and oxygen atoms in total. The molecule has 0 bridgehead atoms. The van der Waals surface area contributed by atoms with Gasteiger partial charge in [0, 0.05) is 18.3 Å². The van der Waals surface area contributed by atoms with Crippen LogP contribution in [-0.2, 0) is 0 Å². The van der Waals surface area contributed by atoms with Gasteiger partial charge >= 0.3 is 0 Å². The minimum absolute atomic E-state index is 0.0997. The van der Waals surface area contributed by atoms with Crippen LogP contribution >= 0.6 is 23.1 Å². The lowest BCUT2D eigenvalue weighted by atomic mass is 9.95.